The third-order valence-electron chi connectivity index (χ3n) is 0.983. The molecule has 8 heteroatoms. The van der Waals surface area contributed by atoms with Crippen molar-refractivity contribution in [1.29, 1.82) is 0 Å². The van der Waals surface area contributed by atoms with Crippen molar-refractivity contribution in [2.24, 2.45) is 0 Å². The molecular formula is C8H20Cl3O4Ti. The van der Waals surface area contributed by atoms with Gasteiger partial charge in [0.1, 0.15) is 0 Å². The first-order chi connectivity index (χ1) is 7.56. The van der Waals surface area contributed by atoms with Gasteiger partial charge in [-0.15, -0.1) is 0 Å². The van der Waals surface area contributed by atoms with Gasteiger partial charge in [-0.25, -0.2) is 0 Å². The molecule has 0 saturated heterocycles. The van der Waals surface area contributed by atoms with Crippen molar-refractivity contribution in [3.63, 3.8) is 0 Å². The zero-order valence-electron chi connectivity index (χ0n) is 10.1. The number of hydrogen-bond acceptors (Lipinski definition) is 4. The summed E-state index contributed by atoms with van der Waals surface area (Å²) in [7, 11) is 21.5. The van der Waals surface area contributed by atoms with Gasteiger partial charge in [0.05, 0.1) is 26.4 Å². The molecule has 0 unspecified atom stereocenters. The van der Waals surface area contributed by atoms with E-state index >= 15 is 0 Å². The summed E-state index contributed by atoms with van der Waals surface area (Å²) in [6.07, 6.45) is 0. The fourth-order valence-corrected chi connectivity index (χ4v) is 0.333. The second-order valence-electron chi connectivity index (χ2n) is 2.19. The van der Waals surface area contributed by atoms with Gasteiger partial charge in [0.25, 0.3) is 0 Å². The summed E-state index contributed by atoms with van der Waals surface area (Å²) in [6.45, 7) is 2.76. The number of hydrogen-bond donors (Lipinski definition) is 0. The van der Waals surface area contributed by atoms with Crippen molar-refractivity contribution in [2.45, 2.75) is 0 Å². The predicted octanol–water partition coefficient (Wildman–Crippen LogP) is 2.62. The van der Waals surface area contributed by atoms with E-state index in [9.17, 15) is 0 Å². The molecule has 0 aromatic heterocycles. The maximum absolute atomic E-state index is 4.97. The van der Waals surface area contributed by atoms with Crippen molar-refractivity contribution in [3.05, 3.63) is 0 Å². The summed E-state index contributed by atoms with van der Waals surface area (Å²) in [4.78, 5) is 0. The van der Waals surface area contributed by atoms with Gasteiger partial charge >= 0.3 is 42.6 Å². The van der Waals surface area contributed by atoms with Crippen molar-refractivity contribution in [1.82, 2.24) is 0 Å². The first kappa shape index (κ1) is 22.6. The van der Waals surface area contributed by atoms with Crippen LogP contribution in [0.3, 0.4) is 0 Å². The minimum atomic E-state index is -1.92. The summed E-state index contributed by atoms with van der Waals surface area (Å²) in [5, 5.41) is 0. The molecule has 0 bridgehead atoms. The van der Waals surface area contributed by atoms with Crippen LogP contribution in [0.4, 0.5) is 0 Å². The van der Waals surface area contributed by atoms with Crippen LogP contribution in [0.5, 0.6) is 0 Å². The van der Waals surface area contributed by atoms with E-state index in [2.05, 4.69) is 18.9 Å². The zero-order chi connectivity index (χ0) is 13.2. The Morgan fingerprint density at radius 3 is 0.812 bits per heavy atom. The topological polar surface area (TPSA) is 36.9 Å². The van der Waals surface area contributed by atoms with Crippen LogP contribution in [0.25, 0.3) is 0 Å². The summed E-state index contributed by atoms with van der Waals surface area (Å²) in [6, 6.07) is 0. The molecule has 0 radical (unpaired) electrons. The van der Waals surface area contributed by atoms with Crippen LogP contribution in [0.2, 0.25) is 0 Å². The number of rotatable bonds is 6. The van der Waals surface area contributed by atoms with Gasteiger partial charge < -0.3 is 18.9 Å². The van der Waals surface area contributed by atoms with Crippen molar-refractivity contribution >= 4 is 27.9 Å². The molecule has 0 spiro atoms. The Morgan fingerprint density at radius 2 is 0.750 bits per heavy atom. The van der Waals surface area contributed by atoms with E-state index < -0.39 is 14.7 Å². The molecule has 16 heavy (non-hydrogen) atoms. The Bertz CT molecular complexity index is 82.6. The Labute approximate surface area is 116 Å². The molecule has 0 N–H and O–H groups in total. The fourth-order valence-electron chi connectivity index (χ4n) is 0.333. The Balaban J connectivity index is -0.000000162. The van der Waals surface area contributed by atoms with E-state index in [0.717, 1.165) is 0 Å². The van der Waals surface area contributed by atoms with Gasteiger partial charge in [-0.05, 0) is 0 Å². The molecule has 0 aliphatic carbocycles. The molecule has 0 aromatic rings. The molecular weight excluding hydrogens is 314 g/mol. The molecule has 0 aromatic carbocycles. The first-order valence-corrected chi connectivity index (χ1v) is 10.8. The quantitative estimate of drug-likeness (QED) is 0.553. The van der Waals surface area contributed by atoms with Gasteiger partial charge in [-0.2, -0.15) is 0 Å². The van der Waals surface area contributed by atoms with Crippen molar-refractivity contribution in [3.8, 4) is 0 Å². The van der Waals surface area contributed by atoms with E-state index in [1.54, 1.807) is 28.4 Å². The van der Waals surface area contributed by atoms with E-state index in [0.29, 0.717) is 26.4 Å². The van der Waals surface area contributed by atoms with Crippen LogP contribution in [-0.2, 0) is 33.6 Å². The average molecular weight is 334 g/mol. The summed E-state index contributed by atoms with van der Waals surface area (Å²) in [5.41, 5.74) is 0. The SMILES string of the molecule is COCCOC.COCCOC.[Cl][Ti]([Cl])[Cl]. The first-order valence-electron chi connectivity index (χ1n) is 4.35. The molecule has 0 saturated carbocycles. The van der Waals surface area contributed by atoms with Gasteiger partial charge in [0.15, 0.2) is 0 Å². The molecule has 0 amide bonds. The Morgan fingerprint density at radius 1 is 0.625 bits per heavy atom. The standard InChI is InChI=1S/2C4H10O2.3ClH.Ti/c2*1-5-3-4-6-2;;;;/h2*3-4H2,1-2H3;3*1H;/q;;;;;+3/p-3. The van der Waals surface area contributed by atoms with Crippen molar-refractivity contribution < 1.29 is 33.6 Å². The summed E-state index contributed by atoms with van der Waals surface area (Å²) in [5.74, 6) is 0. The second kappa shape index (κ2) is 25.3. The Kier molecular flexibility index (Phi) is 35.7. The molecule has 0 atom stereocenters. The van der Waals surface area contributed by atoms with Gasteiger partial charge in [-0.1, -0.05) is 0 Å². The number of halogens is 3. The Hall–Kier alpha value is 1.42. The van der Waals surface area contributed by atoms with E-state index in [4.69, 9.17) is 27.9 Å². The normalized spacial score (nSPS) is 8.44. The minimum absolute atomic E-state index is 0.691. The second-order valence-corrected chi connectivity index (χ2v) is 9.92. The van der Waals surface area contributed by atoms with Crippen LogP contribution >= 0.6 is 27.9 Å². The average Bonchev–Trinajstić information content (AvgIpc) is 2.23. The molecule has 0 aliphatic heterocycles. The van der Waals surface area contributed by atoms with Crippen LogP contribution in [-0.4, -0.2) is 54.9 Å². The molecule has 0 aliphatic rings. The third-order valence-corrected chi connectivity index (χ3v) is 0.983. The number of ether oxygens (including phenoxy) is 4. The summed E-state index contributed by atoms with van der Waals surface area (Å²) < 4.78 is 18.6. The van der Waals surface area contributed by atoms with E-state index in [-0.39, 0.29) is 0 Å². The van der Waals surface area contributed by atoms with Crippen LogP contribution in [0, 0.1) is 0 Å². The van der Waals surface area contributed by atoms with Gasteiger partial charge in [0.2, 0.25) is 0 Å². The van der Waals surface area contributed by atoms with Crippen LogP contribution < -0.4 is 0 Å². The van der Waals surface area contributed by atoms with Crippen LogP contribution in [0.1, 0.15) is 0 Å². The van der Waals surface area contributed by atoms with E-state index in [1.165, 1.54) is 0 Å². The third kappa shape index (κ3) is 58.2. The molecule has 101 valence electrons. The van der Waals surface area contributed by atoms with Crippen LogP contribution in [0.15, 0.2) is 0 Å². The van der Waals surface area contributed by atoms with E-state index in [1.807, 2.05) is 0 Å². The molecule has 0 fully saturated rings. The number of methoxy groups -OCH3 is 4. The molecule has 0 rings (SSSR count). The fraction of sp³-hybridized carbons (Fsp3) is 1.00. The van der Waals surface area contributed by atoms with Gasteiger partial charge in [0, 0.05) is 28.4 Å². The molecule has 0 heterocycles. The van der Waals surface area contributed by atoms with Crippen molar-refractivity contribution in [2.75, 3.05) is 54.9 Å². The monoisotopic (exact) mass is 333 g/mol. The summed E-state index contributed by atoms with van der Waals surface area (Å²) >= 11 is -1.92. The van der Waals surface area contributed by atoms with Gasteiger partial charge in [-0.3, -0.25) is 0 Å². The maximum atomic E-state index is 4.97. The predicted molar refractivity (Wildman–Crippen MR) is 65.1 cm³/mol. The zero-order valence-corrected chi connectivity index (χ0v) is 13.9. The molecule has 4 nitrogen and oxygen atoms in total.